The third-order valence-corrected chi connectivity index (χ3v) is 3.10. The zero-order chi connectivity index (χ0) is 14.1. The van der Waals surface area contributed by atoms with E-state index < -0.39 is 0 Å². The van der Waals surface area contributed by atoms with Gasteiger partial charge in [-0.1, -0.05) is 39.5 Å². The summed E-state index contributed by atoms with van der Waals surface area (Å²) in [6.07, 6.45) is 1.01. The fourth-order valence-electron chi connectivity index (χ4n) is 2.02. The lowest BCUT2D eigenvalue weighted by Crippen LogP contribution is -2.46. The molecule has 106 valence electrons. The fraction of sp³-hybridized carbons (Fsp3) is 0.765. The summed E-state index contributed by atoms with van der Waals surface area (Å²) >= 11 is 0. The Morgan fingerprint density at radius 1 is 0.789 bits per heavy atom. The standard InChI is InChI=1S/C17H28N2/c1-16(2)8-5-6-10-18-12-14-19(15-13-18)11-7-9-17(3)4/h16-17H,6,10-15H2,1-4H3. The third-order valence-electron chi connectivity index (χ3n) is 3.10. The molecule has 1 rings (SSSR count). The average molecular weight is 260 g/mol. The van der Waals surface area contributed by atoms with Gasteiger partial charge in [-0.15, -0.1) is 11.8 Å². The van der Waals surface area contributed by atoms with Crippen molar-refractivity contribution in [3.63, 3.8) is 0 Å². The van der Waals surface area contributed by atoms with Crippen molar-refractivity contribution in [1.29, 1.82) is 0 Å². The zero-order valence-corrected chi connectivity index (χ0v) is 13.0. The Morgan fingerprint density at radius 3 is 1.89 bits per heavy atom. The van der Waals surface area contributed by atoms with Crippen LogP contribution in [0.25, 0.3) is 0 Å². The van der Waals surface area contributed by atoms with E-state index in [0.717, 1.165) is 45.7 Å². The van der Waals surface area contributed by atoms with E-state index in [1.165, 1.54) is 0 Å². The first-order valence-corrected chi connectivity index (χ1v) is 7.49. The predicted octanol–water partition coefficient (Wildman–Crippen LogP) is 2.31. The minimum absolute atomic E-state index is 0.487. The number of rotatable bonds is 3. The van der Waals surface area contributed by atoms with Crippen molar-refractivity contribution < 1.29 is 0 Å². The average Bonchev–Trinajstić information content (AvgIpc) is 2.36. The molecular formula is C17H28N2. The van der Waals surface area contributed by atoms with Crippen LogP contribution in [0.1, 0.15) is 34.1 Å². The number of hydrogen-bond donors (Lipinski definition) is 0. The summed E-state index contributed by atoms with van der Waals surface area (Å²) < 4.78 is 0. The normalized spacial score (nSPS) is 16.9. The monoisotopic (exact) mass is 260 g/mol. The molecule has 1 aliphatic heterocycles. The van der Waals surface area contributed by atoms with Gasteiger partial charge >= 0.3 is 0 Å². The third kappa shape index (κ3) is 7.93. The molecule has 0 radical (unpaired) electrons. The Labute approximate surface area is 119 Å². The molecule has 0 saturated carbocycles. The molecule has 1 aliphatic rings. The fourth-order valence-corrected chi connectivity index (χ4v) is 2.02. The van der Waals surface area contributed by atoms with Crippen LogP contribution in [0.3, 0.4) is 0 Å². The molecule has 0 amide bonds. The molecule has 1 heterocycles. The van der Waals surface area contributed by atoms with Crippen LogP contribution in [0.2, 0.25) is 0 Å². The Kier molecular flexibility index (Phi) is 7.65. The van der Waals surface area contributed by atoms with Gasteiger partial charge in [0.05, 0.1) is 6.54 Å². The van der Waals surface area contributed by atoms with Gasteiger partial charge in [0.2, 0.25) is 0 Å². The highest BCUT2D eigenvalue weighted by molar-refractivity contribution is 5.04. The summed E-state index contributed by atoms with van der Waals surface area (Å²) in [4.78, 5) is 4.97. The van der Waals surface area contributed by atoms with E-state index >= 15 is 0 Å². The van der Waals surface area contributed by atoms with Crippen molar-refractivity contribution in [3.05, 3.63) is 0 Å². The summed E-state index contributed by atoms with van der Waals surface area (Å²) in [5, 5.41) is 0. The van der Waals surface area contributed by atoms with Crippen LogP contribution >= 0.6 is 0 Å². The Morgan fingerprint density at radius 2 is 1.32 bits per heavy atom. The van der Waals surface area contributed by atoms with Gasteiger partial charge in [0, 0.05) is 51.0 Å². The maximum Gasteiger partial charge on any atom is 0.0602 e. The second kappa shape index (κ2) is 9.03. The summed E-state index contributed by atoms with van der Waals surface area (Å²) in [5.74, 6) is 14.0. The van der Waals surface area contributed by atoms with Gasteiger partial charge in [0.1, 0.15) is 0 Å². The maximum absolute atomic E-state index is 3.27. The molecule has 1 saturated heterocycles. The largest absolute Gasteiger partial charge is 0.300 e. The quantitative estimate of drug-likeness (QED) is 0.719. The van der Waals surface area contributed by atoms with Crippen LogP contribution in [0.15, 0.2) is 0 Å². The van der Waals surface area contributed by atoms with Crippen molar-refractivity contribution in [1.82, 2.24) is 9.80 Å². The molecule has 0 unspecified atom stereocenters. The summed E-state index contributed by atoms with van der Waals surface area (Å²) in [5.41, 5.74) is 0. The summed E-state index contributed by atoms with van der Waals surface area (Å²) in [6, 6.07) is 0. The molecule has 0 aromatic rings. The highest BCUT2D eigenvalue weighted by Gasteiger charge is 2.14. The second-order valence-electron chi connectivity index (χ2n) is 5.82. The number of nitrogens with zero attached hydrogens (tertiary/aromatic N) is 2. The zero-order valence-electron chi connectivity index (χ0n) is 13.0. The van der Waals surface area contributed by atoms with Crippen molar-refractivity contribution in [2.24, 2.45) is 11.8 Å². The molecule has 19 heavy (non-hydrogen) atoms. The van der Waals surface area contributed by atoms with E-state index in [2.05, 4.69) is 61.2 Å². The number of hydrogen-bond acceptors (Lipinski definition) is 2. The van der Waals surface area contributed by atoms with Crippen molar-refractivity contribution in [3.8, 4) is 23.7 Å². The topological polar surface area (TPSA) is 6.48 Å². The van der Waals surface area contributed by atoms with Crippen LogP contribution in [0, 0.1) is 35.5 Å². The molecule has 0 aromatic heterocycles. The van der Waals surface area contributed by atoms with Gasteiger partial charge in [-0.05, 0) is 0 Å². The minimum Gasteiger partial charge on any atom is -0.300 e. The Hall–Kier alpha value is -0.960. The molecule has 0 bridgehead atoms. The van der Waals surface area contributed by atoms with E-state index in [1.54, 1.807) is 0 Å². The van der Waals surface area contributed by atoms with Gasteiger partial charge in [-0.25, -0.2) is 0 Å². The van der Waals surface area contributed by atoms with Gasteiger partial charge in [-0.2, -0.15) is 0 Å². The smallest absolute Gasteiger partial charge is 0.0602 e. The lowest BCUT2D eigenvalue weighted by molar-refractivity contribution is 0.146. The lowest BCUT2D eigenvalue weighted by atomic mass is 10.2. The van der Waals surface area contributed by atoms with E-state index in [4.69, 9.17) is 0 Å². The van der Waals surface area contributed by atoms with Crippen molar-refractivity contribution in [2.45, 2.75) is 34.1 Å². The first kappa shape index (κ1) is 16.1. The second-order valence-corrected chi connectivity index (χ2v) is 5.82. The molecule has 2 nitrogen and oxygen atoms in total. The molecule has 2 heteroatoms. The SMILES string of the molecule is CC(C)C#CCCN1CCN(CC#CC(C)C)CC1. The van der Waals surface area contributed by atoms with E-state index in [-0.39, 0.29) is 0 Å². The lowest BCUT2D eigenvalue weighted by Gasteiger charge is -2.33. The summed E-state index contributed by atoms with van der Waals surface area (Å²) in [7, 11) is 0. The highest BCUT2D eigenvalue weighted by atomic mass is 15.3. The predicted molar refractivity (Wildman–Crippen MR) is 82.7 cm³/mol. The first-order valence-electron chi connectivity index (χ1n) is 7.49. The number of piperazine rings is 1. The Bertz CT molecular complexity index is 354. The van der Waals surface area contributed by atoms with Gasteiger partial charge in [-0.3, -0.25) is 9.80 Å². The van der Waals surface area contributed by atoms with Gasteiger partial charge in [0.15, 0.2) is 0 Å². The van der Waals surface area contributed by atoms with E-state index in [1.807, 2.05) is 0 Å². The molecule has 0 spiro atoms. The van der Waals surface area contributed by atoms with Crippen LogP contribution in [-0.2, 0) is 0 Å². The molecule has 1 fully saturated rings. The molecule has 0 N–H and O–H groups in total. The Balaban J connectivity index is 2.16. The van der Waals surface area contributed by atoms with Crippen LogP contribution in [0.5, 0.6) is 0 Å². The molecule has 0 aliphatic carbocycles. The highest BCUT2D eigenvalue weighted by Crippen LogP contribution is 2.02. The minimum atomic E-state index is 0.487. The van der Waals surface area contributed by atoms with Crippen LogP contribution < -0.4 is 0 Å². The van der Waals surface area contributed by atoms with E-state index in [0.29, 0.717) is 11.8 Å². The first-order chi connectivity index (χ1) is 9.08. The molecular weight excluding hydrogens is 232 g/mol. The van der Waals surface area contributed by atoms with Gasteiger partial charge in [0.25, 0.3) is 0 Å². The molecule has 0 atom stereocenters. The van der Waals surface area contributed by atoms with Gasteiger partial charge < -0.3 is 0 Å². The van der Waals surface area contributed by atoms with Crippen molar-refractivity contribution >= 4 is 0 Å². The van der Waals surface area contributed by atoms with Crippen LogP contribution in [-0.4, -0.2) is 49.1 Å². The molecule has 0 aromatic carbocycles. The van der Waals surface area contributed by atoms with E-state index in [9.17, 15) is 0 Å². The maximum atomic E-state index is 3.27. The van der Waals surface area contributed by atoms with Crippen molar-refractivity contribution in [2.75, 3.05) is 39.3 Å². The summed E-state index contributed by atoms with van der Waals surface area (Å²) in [6.45, 7) is 15.2. The van der Waals surface area contributed by atoms with Crippen LogP contribution in [0.4, 0.5) is 0 Å².